The number of esters is 1. The zero-order valence-corrected chi connectivity index (χ0v) is 17.2. The first-order valence-corrected chi connectivity index (χ1v) is 9.95. The molecule has 3 aromatic rings. The highest BCUT2D eigenvalue weighted by atomic mass is 16.5. The Labute approximate surface area is 176 Å². The number of hydrogen-bond acceptors (Lipinski definition) is 5. The Morgan fingerprint density at radius 1 is 1.00 bits per heavy atom. The summed E-state index contributed by atoms with van der Waals surface area (Å²) in [6, 6.07) is 17.0. The first-order valence-electron chi connectivity index (χ1n) is 9.95. The van der Waals surface area contributed by atoms with Gasteiger partial charge in [-0.1, -0.05) is 36.4 Å². The molecule has 1 aromatic carbocycles. The van der Waals surface area contributed by atoms with Crippen molar-refractivity contribution in [3.8, 4) is 0 Å². The summed E-state index contributed by atoms with van der Waals surface area (Å²) in [6.45, 7) is 4.72. The number of hydrogen-bond donors (Lipinski definition) is 0. The molecule has 0 aliphatic heterocycles. The third kappa shape index (κ3) is 5.50. The van der Waals surface area contributed by atoms with Crippen LogP contribution in [0.25, 0.3) is 0 Å². The molecule has 154 valence electrons. The zero-order valence-electron chi connectivity index (χ0n) is 17.2. The normalized spacial score (nSPS) is 10.5. The molecule has 0 fully saturated rings. The van der Waals surface area contributed by atoms with Crippen molar-refractivity contribution in [2.75, 3.05) is 13.2 Å². The van der Waals surface area contributed by atoms with E-state index in [4.69, 9.17) is 4.74 Å². The fourth-order valence-corrected chi connectivity index (χ4v) is 3.14. The van der Waals surface area contributed by atoms with Gasteiger partial charge in [-0.15, -0.1) is 0 Å². The molecule has 2 heterocycles. The smallest absolute Gasteiger partial charge is 0.339 e. The van der Waals surface area contributed by atoms with E-state index < -0.39 is 5.97 Å². The Kier molecular flexibility index (Phi) is 7.27. The molecule has 3 rings (SSSR count). The molecule has 6 nitrogen and oxygen atoms in total. The zero-order chi connectivity index (χ0) is 21.3. The molecule has 0 N–H and O–H groups in total. The van der Waals surface area contributed by atoms with Crippen LogP contribution in [0.2, 0.25) is 0 Å². The van der Waals surface area contributed by atoms with Gasteiger partial charge in [-0.2, -0.15) is 0 Å². The van der Waals surface area contributed by atoms with E-state index in [1.165, 1.54) is 0 Å². The van der Waals surface area contributed by atoms with Gasteiger partial charge >= 0.3 is 5.97 Å². The Morgan fingerprint density at radius 3 is 2.43 bits per heavy atom. The summed E-state index contributed by atoms with van der Waals surface area (Å²) in [7, 11) is 0. The van der Waals surface area contributed by atoms with E-state index in [9.17, 15) is 9.59 Å². The molecule has 0 saturated carbocycles. The molecule has 0 aliphatic carbocycles. The summed E-state index contributed by atoms with van der Waals surface area (Å²) in [5, 5.41) is 0. The quantitative estimate of drug-likeness (QED) is 0.534. The van der Waals surface area contributed by atoms with Crippen LogP contribution < -0.4 is 0 Å². The number of benzene rings is 1. The van der Waals surface area contributed by atoms with Gasteiger partial charge in [0.2, 0.25) is 0 Å². The number of ether oxygens (including phenoxy) is 1. The van der Waals surface area contributed by atoms with Gasteiger partial charge in [0, 0.05) is 25.5 Å². The number of aryl methyl sites for hydroxylation is 1. The fourth-order valence-electron chi connectivity index (χ4n) is 3.14. The van der Waals surface area contributed by atoms with Crippen LogP contribution in [0.4, 0.5) is 0 Å². The molecule has 30 heavy (non-hydrogen) atoms. The van der Waals surface area contributed by atoms with Crippen LogP contribution in [0, 0.1) is 6.92 Å². The monoisotopic (exact) mass is 403 g/mol. The molecule has 0 bridgehead atoms. The lowest BCUT2D eigenvalue weighted by molar-refractivity contribution is 0.0524. The molecule has 6 heteroatoms. The fraction of sp³-hybridized carbons (Fsp3) is 0.250. The molecule has 2 aromatic heterocycles. The largest absolute Gasteiger partial charge is 0.462 e. The van der Waals surface area contributed by atoms with Crippen LogP contribution in [-0.2, 0) is 17.7 Å². The van der Waals surface area contributed by atoms with Crippen LogP contribution in [-0.4, -0.2) is 39.9 Å². The van der Waals surface area contributed by atoms with Crippen molar-refractivity contribution >= 4 is 11.9 Å². The standard InChI is InChI=1S/C24H25N3O3/c1-3-30-24(29)21-11-12-22(26-18(21)2)23(28)27(17-20-10-7-14-25-16-20)15-13-19-8-5-4-6-9-19/h4-12,14,16H,3,13,15,17H2,1-2H3. The Bertz CT molecular complexity index is 991. The summed E-state index contributed by atoms with van der Waals surface area (Å²) in [4.78, 5) is 35.6. The van der Waals surface area contributed by atoms with Gasteiger partial charge in [-0.25, -0.2) is 9.78 Å². The molecule has 0 unspecified atom stereocenters. The number of carbonyl (C=O) groups is 2. The highest BCUT2D eigenvalue weighted by Gasteiger charge is 2.20. The summed E-state index contributed by atoms with van der Waals surface area (Å²) in [5.74, 6) is -0.619. The van der Waals surface area contributed by atoms with E-state index in [2.05, 4.69) is 9.97 Å². The lowest BCUT2D eigenvalue weighted by Crippen LogP contribution is -2.33. The van der Waals surface area contributed by atoms with E-state index in [0.717, 1.165) is 17.5 Å². The lowest BCUT2D eigenvalue weighted by atomic mass is 10.1. The van der Waals surface area contributed by atoms with Crippen LogP contribution >= 0.6 is 0 Å². The second-order valence-corrected chi connectivity index (χ2v) is 6.87. The van der Waals surface area contributed by atoms with Crippen LogP contribution in [0.1, 0.15) is 44.6 Å². The van der Waals surface area contributed by atoms with Crippen LogP contribution in [0.5, 0.6) is 0 Å². The highest BCUT2D eigenvalue weighted by molar-refractivity contribution is 5.95. The summed E-state index contributed by atoms with van der Waals surface area (Å²) < 4.78 is 5.04. The van der Waals surface area contributed by atoms with Gasteiger partial charge in [0.25, 0.3) is 5.91 Å². The Hall–Kier alpha value is -3.54. The van der Waals surface area contributed by atoms with Crippen molar-refractivity contribution < 1.29 is 14.3 Å². The second kappa shape index (κ2) is 10.3. The minimum Gasteiger partial charge on any atom is -0.462 e. The topological polar surface area (TPSA) is 72.4 Å². The van der Waals surface area contributed by atoms with Crippen molar-refractivity contribution in [1.82, 2.24) is 14.9 Å². The molecule has 0 saturated heterocycles. The molecular formula is C24H25N3O3. The molecule has 1 amide bonds. The molecule has 0 aliphatic rings. The van der Waals surface area contributed by atoms with Gasteiger partial charge in [0.15, 0.2) is 0 Å². The maximum atomic E-state index is 13.3. The maximum absolute atomic E-state index is 13.3. The van der Waals surface area contributed by atoms with Crippen molar-refractivity contribution in [3.05, 3.63) is 95.1 Å². The number of nitrogens with zero attached hydrogens (tertiary/aromatic N) is 3. The third-order valence-corrected chi connectivity index (χ3v) is 4.70. The minimum absolute atomic E-state index is 0.187. The van der Waals surface area contributed by atoms with E-state index in [1.54, 1.807) is 43.3 Å². The molecular weight excluding hydrogens is 378 g/mol. The van der Waals surface area contributed by atoms with Crippen molar-refractivity contribution in [2.45, 2.75) is 26.8 Å². The average molecular weight is 403 g/mol. The van der Waals surface area contributed by atoms with Crippen molar-refractivity contribution in [2.24, 2.45) is 0 Å². The van der Waals surface area contributed by atoms with Gasteiger partial charge in [0.1, 0.15) is 5.69 Å². The molecule has 0 spiro atoms. The predicted octanol–water partition coefficient (Wildman–Crippen LogP) is 3.85. The number of pyridine rings is 2. The van der Waals surface area contributed by atoms with Crippen LogP contribution in [0.15, 0.2) is 67.0 Å². The molecule has 0 atom stereocenters. The summed E-state index contributed by atoms with van der Waals surface area (Å²) >= 11 is 0. The average Bonchev–Trinajstić information content (AvgIpc) is 2.77. The SMILES string of the molecule is CCOC(=O)c1ccc(C(=O)N(CCc2ccccc2)Cc2cccnc2)nc1C. The van der Waals surface area contributed by atoms with Crippen molar-refractivity contribution in [1.29, 1.82) is 0 Å². The Morgan fingerprint density at radius 2 is 1.77 bits per heavy atom. The Balaban J connectivity index is 1.81. The van der Waals surface area contributed by atoms with E-state index >= 15 is 0 Å². The first-order chi connectivity index (χ1) is 14.6. The lowest BCUT2D eigenvalue weighted by Gasteiger charge is -2.23. The number of carbonyl (C=O) groups excluding carboxylic acids is 2. The predicted molar refractivity (Wildman–Crippen MR) is 114 cm³/mol. The van der Waals surface area contributed by atoms with Gasteiger partial charge < -0.3 is 9.64 Å². The highest BCUT2D eigenvalue weighted by Crippen LogP contribution is 2.14. The second-order valence-electron chi connectivity index (χ2n) is 6.87. The van der Waals surface area contributed by atoms with E-state index in [1.807, 2.05) is 42.5 Å². The molecule has 0 radical (unpaired) electrons. The first kappa shape index (κ1) is 21.2. The summed E-state index contributed by atoms with van der Waals surface area (Å²) in [6.07, 6.45) is 4.19. The van der Waals surface area contributed by atoms with Gasteiger partial charge in [0.05, 0.1) is 17.9 Å². The number of rotatable bonds is 8. The third-order valence-electron chi connectivity index (χ3n) is 4.70. The van der Waals surface area contributed by atoms with Crippen molar-refractivity contribution in [3.63, 3.8) is 0 Å². The summed E-state index contributed by atoms with van der Waals surface area (Å²) in [5.41, 5.74) is 3.25. The van der Waals surface area contributed by atoms with E-state index in [-0.39, 0.29) is 12.5 Å². The number of aromatic nitrogens is 2. The van der Waals surface area contributed by atoms with Crippen LogP contribution in [0.3, 0.4) is 0 Å². The minimum atomic E-state index is -0.433. The van der Waals surface area contributed by atoms with Gasteiger partial charge in [-0.05, 0) is 49.6 Å². The maximum Gasteiger partial charge on any atom is 0.339 e. The number of amides is 1. The van der Waals surface area contributed by atoms with Gasteiger partial charge in [-0.3, -0.25) is 9.78 Å². The van der Waals surface area contributed by atoms with E-state index in [0.29, 0.717) is 30.0 Å².